The Morgan fingerprint density at radius 3 is 2.58 bits per heavy atom. The average molecular weight is 172 g/mol. The van der Waals surface area contributed by atoms with Gasteiger partial charge in [-0.1, -0.05) is 12.2 Å². The number of hydrogen-bond acceptors (Lipinski definition) is 3. The molecule has 0 bridgehead atoms. The Morgan fingerprint density at radius 1 is 1.42 bits per heavy atom. The molecule has 0 amide bonds. The maximum atomic E-state index is 8.96. The average Bonchev–Trinajstić information content (AvgIpc) is 2.26. The summed E-state index contributed by atoms with van der Waals surface area (Å²) in [6, 6.07) is 0. The number of aliphatic hydroxyl groups excluding tert-OH is 1. The molecule has 12 heavy (non-hydrogen) atoms. The van der Waals surface area contributed by atoms with E-state index in [1.165, 1.54) is 0 Å². The van der Waals surface area contributed by atoms with Crippen LogP contribution in [-0.4, -0.2) is 29.7 Å². The van der Waals surface area contributed by atoms with Gasteiger partial charge in [-0.05, 0) is 20.8 Å². The third kappa shape index (κ3) is 2.06. The Hall–Kier alpha value is -0.380. The minimum absolute atomic E-state index is 0.00155. The molecule has 1 aliphatic heterocycles. The normalized spacial score (nSPS) is 34.7. The Labute approximate surface area is 73.0 Å². The topological polar surface area (TPSA) is 38.7 Å². The van der Waals surface area contributed by atoms with Crippen LogP contribution in [0.3, 0.4) is 0 Å². The maximum Gasteiger partial charge on any atom is 0.164 e. The largest absolute Gasteiger partial charge is 0.394 e. The Morgan fingerprint density at radius 2 is 2.08 bits per heavy atom. The number of ether oxygens (including phenoxy) is 2. The Bertz CT molecular complexity index is 175. The van der Waals surface area contributed by atoms with Crippen LogP contribution in [-0.2, 0) is 9.47 Å². The smallest absolute Gasteiger partial charge is 0.164 e. The summed E-state index contributed by atoms with van der Waals surface area (Å²) < 4.78 is 11.0. The quantitative estimate of drug-likeness (QED) is 0.633. The highest BCUT2D eigenvalue weighted by Gasteiger charge is 2.39. The summed E-state index contributed by atoms with van der Waals surface area (Å²) in [7, 11) is 0. The zero-order chi connectivity index (χ0) is 9.19. The minimum atomic E-state index is -0.572. The summed E-state index contributed by atoms with van der Waals surface area (Å²) in [4.78, 5) is 0. The first-order valence-electron chi connectivity index (χ1n) is 4.18. The SMILES string of the molecule is C/C=C/[C@@H]1OC(C)(C)O[C@H]1CO. The molecule has 0 radical (unpaired) electrons. The third-order valence-corrected chi connectivity index (χ3v) is 1.78. The van der Waals surface area contributed by atoms with Gasteiger partial charge < -0.3 is 14.6 Å². The van der Waals surface area contributed by atoms with E-state index < -0.39 is 5.79 Å². The molecular formula is C9H16O3. The van der Waals surface area contributed by atoms with Crippen molar-refractivity contribution in [2.45, 2.75) is 38.8 Å². The predicted octanol–water partition coefficient (Wildman–Crippen LogP) is 1.07. The molecule has 2 atom stereocenters. The van der Waals surface area contributed by atoms with Gasteiger partial charge in [0.25, 0.3) is 0 Å². The molecule has 0 unspecified atom stereocenters. The molecule has 1 rings (SSSR count). The molecule has 0 aromatic heterocycles. The molecule has 1 heterocycles. The van der Waals surface area contributed by atoms with Crippen molar-refractivity contribution in [3.05, 3.63) is 12.2 Å². The van der Waals surface area contributed by atoms with Crippen LogP contribution >= 0.6 is 0 Å². The molecule has 70 valence electrons. The van der Waals surface area contributed by atoms with Crippen LogP contribution in [0.4, 0.5) is 0 Å². The standard InChI is InChI=1S/C9H16O3/c1-4-5-7-8(6-10)12-9(2,3)11-7/h4-5,7-8,10H,6H2,1-3H3/b5-4+/t7-,8-/m0/s1. The van der Waals surface area contributed by atoms with Gasteiger partial charge in [0.2, 0.25) is 0 Å². The van der Waals surface area contributed by atoms with Crippen LogP contribution in [0, 0.1) is 0 Å². The maximum absolute atomic E-state index is 8.96. The van der Waals surface area contributed by atoms with E-state index in [4.69, 9.17) is 14.6 Å². The second-order valence-electron chi connectivity index (χ2n) is 3.35. The van der Waals surface area contributed by atoms with Crippen molar-refractivity contribution in [3.63, 3.8) is 0 Å². The van der Waals surface area contributed by atoms with Crippen molar-refractivity contribution in [2.75, 3.05) is 6.61 Å². The van der Waals surface area contributed by atoms with Gasteiger partial charge in [0, 0.05) is 0 Å². The lowest BCUT2D eigenvalue weighted by Gasteiger charge is -2.15. The molecule has 0 saturated carbocycles. The first-order valence-corrected chi connectivity index (χ1v) is 4.18. The molecule has 1 saturated heterocycles. The van der Waals surface area contributed by atoms with Gasteiger partial charge in [0.05, 0.1) is 6.61 Å². The Kier molecular flexibility index (Phi) is 2.88. The van der Waals surface area contributed by atoms with E-state index in [1.54, 1.807) is 0 Å². The molecule has 3 heteroatoms. The van der Waals surface area contributed by atoms with Gasteiger partial charge in [0.15, 0.2) is 5.79 Å². The minimum Gasteiger partial charge on any atom is -0.394 e. The van der Waals surface area contributed by atoms with Crippen LogP contribution in [0.25, 0.3) is 0 Å². The van der Waals surface area contributed by atoms with Gasteiger partial charge in [-0.3, -0.25) is 0 Å². The van der Waals surface area contributed by atoms with Crippen LogP contribution in [0.1, 0.15) is 20.8 Å². The van der Waals surface area contributed by atoms with E-state index in [2.05, 4.69) is 0 Å². The lowest BCUT2D eigenvalue weighted by molar-refractivity contribution is -0.146. The molecule has 0 aromatic rings. The van der Waals surface area contributed by atoms with E-state index in [9.17, 15) is 0 Å². The van der Waals surface area contributed by atoms with Crippen LogP contribution in [0.5, 0.6) is 0 Å². The summed E-state index contributed by atoms with van der Waals surface area (Å²) in [5.41, 5.74) is 0. The lowest BCUT2D eigenvalue weighted by atomic mass is 10.2. The number of allylic oxidation sites excluding steroid dienone is 1. The number of hydrogen-bond donors (Lipinski definition) is 1. The second kappa shape index (κ2) is 3.56. The summed E-state index contributed by atoms with van der Waals surface area (Å²) in [6.07, 6.45) is 3.46. The fraction of sp³-hybridized carbons (Fsp3) is 0.778. The van der Waals surface area contributed by atoms with Crippen molar-refractivity contribution in [3.8, 4) is 0 Å². The summed E-state index contributed by atoms with van der Waals surface area (Å²) in [6.45, 7) is 5.61. The second-order valence-corrected chi connectivity index (χ2v) is 3.35. The van der Waals surface area contributed by atoms with E-state index in [1.807, 2.05) is 32.9 Å². The van der Waals surface area contributed by atoms with E-state index >= 15 is 0 Å². The van der Waals surface area contributed by atoms with Crippen LogP contribution in [0.15, 0.2) is 12.2 Å². The van der Waals surface area contributed by atoms with Crippen molar-refractivity contribution in [1.29, 1.82) is 0 Å². The molecule has 3 nitrogen and oxygen atoms in total. The lowest BCUT2D eigenvalue weighted by Crippen LogP contribution is -2.24. The van der Waals surface area contributed by atoms with Crippen molar-refractivity contribution >= 4 is 0 Å². The number of aliphatic hydroxyl groups is 1. The van der Waals surface area contributed by atoms with E-state index in [0.29, 0.717) is 0 Å². The first-order chi connectivity index (χ1) is 5.59. The van der Waals surface area contributed by atoms with Crippen LogP contribution < -0.4 is 0 Å². The molecule has 0 aliphatic carbocycles. The van der Waals surface area contributed by atoms with Gasteiger partial charge in [0.1, 0.15) is 12.2 Å². The zero-order valence-electron chi connectivity index (χ0n) is 7.78. The van der Waals surface area contributed by atoms with Crippen molar-refractivity contribution in [2.24, 2.45) is 0 Å². The van der Waals surface area contributed by atoms with E-state index in [-0.39, 0.29) is 18.8 Å². The highest BCUT2D eigenvalue weighted by atomic mass is 16.8. The van der Waals surface area contributed by atoms with Gasteiger partial charge in [-0.2, -0.15) is 0 Å². The fourth-order valence-electron chi connectivity index (χ4n) is 1.36. The zero-order valence-corrected chi connectivity index (χ0v) is 7.78. The highest BCUT2D eigenvalue weighted by Crippen LogP contribution is 2.28. The summed E-state index contributed by atoms with van der Waals surface area (Å²) >= 11 is 0. The van der Waals surface area contributed by atoms with Gasteiger partial charge >= 0.3 is 0 Å². The van der Waals surface area contributed by atoms with E-state index in [0.717, 1.165) is 0 Å². The van der Waals surface area contributed by atoms with Crippen molar-refractivity contribution in [1.82, 2.24) is 0 Å². The molecule has 1 aliphatic rings. The Balaban J connectivity index is 2.63. The molecule has 1 N–H and O–H groups in total. The van der Waals surface area contributed by atoms with Crippen LogP contribution in [0.2, 0.25) is 0 Å². The first kappa shape index (κ1) is 9.71. The molecule has 0 aromatic carbocycles. The monoisotopic (exact) mass is 172 g/mol. The van der Waals surface area contributed by atoms with Crippen molar-refractivity contribution < 1.29 is 14.6 Å². The third-order valence-electron chi connectivity index (χ3n) is 1.78. The molecule has 0 spiro atoms. The molecular weight excluding hydrogens is 156 g/mol. The number of rotatable bonds is 2. The van der Waals surface area contributed by atoms with Gasteiger partial charge in [-0.15, -0.1) is 0 Å². The fourth-order valence-corrected chi connectivity index (χ4v) is 1.36. The summed E-state index contributed by atoms with van der Waals surface area (Å²) in [5, 5.41) is 8.96. The van der Waals surface area contributed by atoms with Gasteiger partial charge in [-0.25, -0.2) is 0 Å². The summed E-state index contributed by atoms with van der Waals surface area (Å²) in [5.74, 6) is -0.572. The highest BCUT2D eigenvalue weighted by molar-refractivity contribution is 4.96. The predicted molar refractivity (Wildman–Crippen MR) is 45.7 cm³/mol. The molecule has 1 fully saturated rings.